The molecule has 1 aliphatic heterocycles. The number of halogens is 1. The van der Waals surface area contributed by atoms with E-state index in [-0.39, 0.29) is 17.5 Å². The Morgan fingerprint density at radius 2 is 1.96 bits per heavy atom. The van der Waals surface area contributed by atoms with Crippen LogP contribution in [0.25, 0.3) is 0 Å². The predicted octanol–water partition coefficient (Wildman–Crippen LogP) is 2.65. The Hall–Kier alpha value is -1.60. The molecule has 0 spiro atoms. The Morgan fingerprint density at radius 1 is 1.25 bits per heavy atom. The fourth-order valence-electron chi connectivity index (χ4n) is 3.38. The van der Waals surface area contributed by atoms with Gasteiger partial charge < -0.3 is 4.90 Å². The molecule has 128 valence electrons. The van der Waals surface area contributed by atoms with E-state index < -0.39 is 0 Å². The number of carbonyl (C=O) groups excluding carboxylic acids is 1. The van der Waals surface area contributed by atoms with Crippen LogP contribution in [0.2, 0.25) is 4.34 Å². The quantitative estimate of drug-likeness (QED) is 0.839. The molecule has 1 saturated heterocycles. The van der Waals surface area contributed by atoms with Gasteiger partial charge in [0.1, 0.15) is 5.82 Å². The molecule has 24 heavy (non-hydrogen) atoms. The van der Waals surface area contributed by atoms with Gasteiger partial charge in [0.15, 0.2) is 0 Å². The van der Waals surface area contributed by atoms with Crippen LogP contribution >= 0.6 is 22.9 Å². The van der Waals surface area contributed by atoms with Gasteiger partial charge in [0, 0.05) is 32.1 Å². The van der Waals surface area contributed by atoms with Gasteiger partial charge >= 0.3 is 5.69 Å². The number of hydrogen-bond acceptors (Lipinski definition) is 4. The molecular weight excluding hydrogens is 348 g/mol. The zero-order chi connectivity index (χ0) is 16.8. The highest BCUT2D eigenvalue weighted by molar-refractivity contribution is 7.17. The summed E-state index contributed by atoms with van der Waals surface area (Å²) in [6.45, 7) is 1.38. The van der Waals surface area contributed by atoms with Crippen molar-refractivity contribution in [3.05, 3.63) is 37.7 Å². The first kappa shape index (κ1) is 15.9. The van der Waals surface area contributed by atoms with E-state index in [9.17, 15) is 9.59 Å². The second kappa shape index (κ2) is 6.04. The maximum atomic E-state index is 12.5. The zero-order valence-corrected chi connectivity index (χ0v) is 15.0. The summed E-state index contributed by atoms with van der Waals surface area (Å²) < 4.78 is 3.95. The second-order valence-corrected chi connectivity index (χ2v) is 8.25. The molecule has 0 unspecified atom stereocenters. The summed E-state index contributed by atoms with van der Waals surface area (Å²) in [5, 5.41) is 4.47. The molecule has 6 nitrogen and oxygen atoms in total. The molecule has 1 aliphatic carbocycles. The molecular formula is C16H19ClN4O2S. The lowest BCUT2D eigenvalue weighted by Gasteiger charge is -2.31. The number of thiophene rings is 1. The first-order valence-corrected chi connectivity index (χ1v) is 9.44. The Kier molecular flexibility index (Phi) is 4.00. The minimum atomic E-state index is -0.0146. The number of amides is 1. The summed E-state index contributed by atoms with van der Waals surface area (Å²) in [5.41, 5.74) is -0.0146. The first-order valence-electron chi connectivity index (χ1n) is 8.24. The third-order valence-electron chi connectivity index (χ3n) is 4.83. The predicted molar refractivity (Wildman–Crippen MR) is 92.9 cm³/mol. The van der Waals surface area contributed by atoms with Crippen LogP contribution < -0.4 is 5.69 Å². The average molecular weight is 367 g/mol. The maximum Gasteiger partial charge on any atom is 0.345 e. The van der Waals surface area contributed by atoms with Gasteiger partial charge in [-0.05, 0) is 37.8 Å². The van der Waals surface area contributed by atoms with E-state index in [1.165, 1.54) is 16.0 Å². The van der Waals surface area contributed by atoms with E-state index in [1.54, 1.807) is 19.2 Å². The molecule has 2 aromatic heterocycles. The van der Waals surface area contributed by atoms with Crippen LogP contribution in [-0.4, -0.2) is 38.2 Å². The largest absolute Gasteiger partial charge is 0.345 e. The van der Waals surface area contributed by atoms with E-state index in [2.05, 4.69) is 5.10 Å². The van der Waals surface area contributed by atoms with Crippen molar-refractivity contribution in [3.63, 3.8) is 0 Å². The number of aryl methyl sites for hydroxylation is 1. The monoisotopic (exact) mass is 366 g/mol. The van der Waals surface area contributed by atoms with Crippen LogP contribution in [0.5, 0.6) is 0 Å². The maximum absolute atomic E-state index is 12.5. The van der Waals surface area contributed by atoms with Crippen LogP contribution in [0.1, 0.15) is 53.1 Å². The van der Waals surface area contributed by atoms with Gasteiger partial charge in [0.25, 0.3) is 5.91 Å². The highest BCUT2D eigenvalue weighted by Crippen LogP contribution is 2.37. The molecule has 0 bridgehead atoms. The topological polar surface area (TPSA) is 60.1 Å². The highest BCUT2D eigenvalue weighted by Gasteiger charge is 2.34. The van der Waals surface area contributed by atoms with E-state index in [0.717, 1.165) is 31.5 Å². The molecule has 8 heteroatoms. The Labute approximate surface area is 148 Å². The molecule has 1 saturated carbocycles. The van der Waals surface area contributed by atoms with Crippen LogP contribution in [0, 0.1) is 0 Å². The fraction of sp³-hybridized carbons (Fsp3) is 0.562. The molecule has 3 heterocycles. The summed E-state index contributed by atoms with van der Waals surface area (Å²) in [6, 6.07) is 3.87. The summed E-state index contributed by atoms with van der Waals surface area (Å²) in [4.78, 5) is 27.3. The smallest absolute Gasteiger partial charge is 0.338 e. The molecule has 0 N–H and O–H groups in total. The number of rotatable bonds is 3. The second-order valence-electron chi connectivity index (χ2n) is 6.54. The van der Waals surface area contributed by atoms with Crippen LogP contribution in [0.4, 0.5) is 0 Å². The first-order chi connectivity index (χ1) is 11.5. The van der Waals surface area contributed by atoms with Crippen LogP contribution in [0.15, 0.2) is 16.9 Å². The number of piperidine rings is 1. The molecule has 1 amide bonds. The van der Waals surface area contributed by atoms with Gasteiger partial charge in [-0.1, -0.05) is 11.6 Å². The van der Waals surface area contributed by atoms with Crippen molar-refractivity contribution < 1.29 is 4.79 Å². The minimum Gasteiger partial charge on any atom is -0.338 e. The van der Waals surface area contributed by atoms with Gasteiger partial charge in [0.2, 0.25) is 0 Å². The van der Waals surface area contributed by atoms with E-state index >= 15 is 0 Å². The van der Waals surface area contributed by atoms with Gasteiger partial charge in [-0.2, -0.15) is 5.10 Å². The van der Waals surface area contributed by atoms with Gasteiger partial charge in [-0.15, -0.1) is 11.3 Å². The summed E-state index contributed by atoms with van der Waals surface area (Å²) in [6.07, 6.45) is 3.81. The summed E-state index contributed by atoms with van der Waals surface area (Å²) in [7, 11) is 1.71. The van der Waals surface area contributed by atoms with Crippen molar-refractivity contribution in [1.82, 2.24) is 19.2 Å². The number of hydrogen-bond donors (Lipinski definition) is 0. The lowest BCUT2D eigenvalue weighted by molar-refractivity contribution is 0.0715. The van der Waals surface area contributed by atoms with Crippen LogP contribution in [-0.2, 0) is 7.05 Å². The van der Waals surface area contributed by atoms with Crippen molar-refractivity contribution in [1.29, 1.82) is 0 Å². The standard InChI is InChI=1S/C16H19ClN4O2S/c1-19-16(23)21(11-2-3-11)14(18-19)10-6-8-20(9-7-10)15(22)12-4-5-13(17)24-12/h4-5,10-11H,2-3,6-9H2,1H3. The van der Waals surface area contributed by atoms with Crippen LogP contribution in [0.3, 0.4) is 0 Å². The Balaban J connectivity index is 1.48. The zero-order valence-electron chi connectivity index (χ0n) is 13.4. The minimum absolute atomic E-state index is 0.0146. The lowest BCUT2D eigenvalue weighted by Crippen LogP contribution is -2.38. The van der Waals surface area contributed by atoms with Crippen molar-refractivity contribution in [2.75, 3.05) is 13.1 Å². The number of likely N-dealkylation sites (tertiary alicyclic amines) is 1. The molecule has 0 atom stereocenters. The third kappa shape index (κ3) is 2.80. The van der Waals surface area contributed by atoms with E-state index in [0.29, 0.717) is 28.3 Å². The lowest BCUT2D eigenvalue weighted by atomic mass is 9.95. The highest BCUT2D eigenvalue weighted by atomic mass is 35.5. The number of carbonyl (C=O) groups is 1. The Bertz CT molecular complexity index is 827. The molecule has 0 aromatic carbocycles. The van der Waals surface area contributed by atoms with Gasteiger partial charge in [-0.3, -0.25) is 9.36 Å². The van der Waals surface area contributed by atoms with Crippen molar-refractivity contribution in [2.45, 2.75) is 37.6 Å². The van der Waals surface area contributed by atoms with Gasteiger partial charge in [0.05, 0.1) is 9.21 Å². The van der Waals surface area contributed by atoms with Crippen molar-refractivity contribution in [2.24, 2.45) is 7.05 Å². The van der Waals surface area contributed by atoms with E-state index in [1.807, 2.05) is 9.47 Å². The third-order valence-corrected chi connectivity index (χ3v) is 6.04. The molecule has 2 aromatic rings. The fourth-order valence-corrected chi connectivity index (χ4v) is 4.39. The molecule has 2 fully saturated rings. The van der Waals surface area contributed by atoms with E-state index in [4.69, 9.17) is 11.6 Å². The molecule has 2 aliphatic rings. The molecule has 4 rings (SSSR count). The summed E-state index contributed by atoms with van der Waals surface area (Å²) >= 11 is 7.24. The number of aromatic nitrogens is 3. The average Bonchev–Trinajstić information content (AvgIpc) is 3.26. The van der Waals surface area contributed by atoms with Crippen molar-refractivity contribution >= 4 is 28.8 Å². The Morgan fingerprint density at radius 3 is 2.54 bits per heavy atom. The SMILES string of the molecule is Cn1nc(C2CCN(C(=O)c3ccc(Cl)s3)CC2)n(C2CC2)c1=O. The van der Waals surface area contributed by atoms with Crippen molar-refractivity contribution in [3.8, 4) is 0 Å². The molecule has 0 radical (unpaired) electrons. The summed E-state index contributed by atoms with van der Waals surface area (Å²) in [5.74, 6) is 1.19. The number of nitrogens with zero attached hydrogens (tertiary/aromatic N) is 4. The van der Waals surface area contributed by atoms with Gasteiger partial charge in [-0.25, -0.2) is 9.48 Å². The normalized spacial score (nSPS) is 19.0.